The normalized spacial score (nSPS) is 10.6. The maximum atomic E-state index is 11.7. The Morgan fingerprint density at radius 1 is 1.36 bits per heavy atom. The fourth-order valence-corrected chi connectivity index (χ4v) is 2.00. The van der Waals surface area contributed by atoms with Gasteiger partial charge in [-0.15, -0.1) is 10.2 Å². The maximum Gasteiger partial charge on any atom is 0.244 e. The number of amides is 1. The average Bonchev–Trinajstić information content (AvgIpc) is 3.16. The van der Waals surface area contributed by atoms with Crippen LogP contribution in [0.25, 0.3) is 11.3 Å². The van der Waals surface area contributed by atoms with Gasteiger partial charge >= 0.3 is 0 Å². The molecule has 0 aliphatic heterocycles. The number of tetrazole rings is 1. The summed E-state index contributed by atoms with van der Waals surface area (Å²) in [7, 11) is 0. The Balaban J connectivity index is 1.59. The first kappa shape index (κ1) is 14.2. The number of hydrogen-bond acceptors (Lipinski definition) is 6. The SMILES string of the molecule is O=C(Cn1ncnn1)NCc1cc(-c2cccc(Cl)c2)no1. The second kappa shape index (κ2) is 6.35. The predicted molar refractivity (Wildman–Crippen MR) is 76.6 cm³/mol. The number of nitrogens with one attached hydrogen (secondary N) is 1. The number of rotatable bonds is 5. The van der Waals surface area contributed by atoms with Crippen molar-refractivity contribution in [3.63, 3.8) is 0 Å². The summed E-state index contributed by atoms with van der Waals surface area (Å²) in [6.45, 7) is 0.219. The first-order valence-electron chi connectivity index (χ1n) is 6.40. The molecule has 0 radical (unpaired) electrons. The smallest absolute Gasteiger partial charge is 0.244 e. The van der Waals surface area contributed by atoms with Gasteiger partial charge in [-0.3, -0.25) is 4.79 Å². The maximum absolute atomic E-state index is 11.7. The number of carbonyl (C=O) groups is 1. The van der Waals surface area contributed by atoms with E-state index in [1.807, 2.05) is 12.1 Å². The minimum absolute atomic E-state index is 0.00468. The molecule has 3 rings (SSSR count). The summed E-state index contributed by atoms with van der Waals surface area (Å²) in [5.41, 5.74) is 1.50. The van der Waals surface area contributed by atoms with E-state index in [4.69, 9.17) is 16.1 Å². The lowest BCUT2D eigenvalue weighted by Gasteiger charge is -2.00. The van der Waals surface area contributed by atoms with Crippen LogP contribution in [0, 0.1) is 0 Å². The molecule has 9 heteroatoms. The highest BCUT2D eigenvalue weighted by Gasteiger charge is 2.09. The fraction of sp³-hybridized carbons (Fsp3) is 0.154. The third-order valence-corrected chi connectivity index (χ3v) is 3.05. The van der Waals surface area contributed by atoms with E-state index >= 15 is 0 Å². The van der Waals surface area contributed by atoms with Crippen molar-refractivity contribution in [2.45, 2.75) is 13.1 Å². The summed E-state index contributed by atoms with van der Waals surface area (Å²) in [5, 5.41) is 18.1. The van der Waals surface area contributed by atoms with Crippen molar-refractivity contribution in [2.75, 3.05) is 0 Å². The van der Waals surface area contributed by atoms with Crippen LogP contribution in [0.4, 0.5) is 0 Å². The Hall–Kier alpha value is -2.74. The van der Waals surface area contributed by atoms with Gasteiger partial charge in [-0.2, -0.15) is 4.80 Å². The van der Waals surface area contributed by atoms with E-state index in [-0.39, 0.29) is 19.0 Å². The van der Waals surface area contributed by atoms with Gasteiger partial charge < -0.3 is 9.84 Å². The minimum atomic E-state index is -0.251. The predicted octanol–water partition coefficient (Wildman–Crippen LogP) is 1.30. The Morgan fingerprint density at radius 3 is 3.05 bits per heavy atom. The minimum Gasteiger partial charge on any atom is -0.359 e. The molecule has 22 heavy (non-hydrogen) atoms. The highest BCUT2D eigenvalue weighted by Crippen LogP contribution is 2.22. The van der Waals surface area contributed by atoms with Crippen molar-refractivity contribution in [3.8, 4) is 11.3 Å². The number of carbonyl (C=O) groups excluding carboxylic acids is 1. The summed E-state index contributed by atoms with van der Waals surface area (Å²) in [5.74, 6) is 0.286. The zero-order valence-corrected chi connectivity index (χ0v) is 12.1. The molecule has 0 aliphatic carbocycles. The molecule has 0 bridgehead atoms. The first-order chi connectivity index (χ1) is 10.7. The van der Waals surface area contributed by atoms with Crippen LogP contribution in [0.5, 0.6) is 0 Å². The van der Waals surface area contributed by atoms with E-state index in [1.165, 1.54) is 11.1 Å². The van der Waals surface area contributed by atoms with Gasteiger partial charge in [0.05, 0.1) is 6.54 Å². The van der Waals surface area contributed by atoms with E-state index in [9.17, 15) is 4.79 Å². The van der Waals surface area contributed by atoms with Crippen LogP contribution in [0.3, 0.4) is 0 Å². The van der Waals surface area contributed by atoms with Gasteiger partial charge in [-0.25, -0.2) is 0 Å². The third-order valence-electron chi connectivity index (χ3n) is 2.82. The Morgan fingerprint density at radius 2 is 2.27 bits per heavy atom. The molecule has 112 valence electrons. The molecule has 2 aromatic heterocycles. The van der Waals surface area contributed by atoms with Gasteiger partial charge in [-0.1, -0.05) is 28.9 Å². The van der Waals surface area contributed by atoms with Gasteiger partial charge in [0.25, 0.3) is 0 Å². The molecular formula is C13H11ClN6O2. The van der Waals surface area contributed by atoms with E-state index in [1.54, 1.807) is 18.2 Å². The van der Waals surface area contributed by atoms with Crippen molar-refractivity contribution in [3.05, 3.63) is 47.4 Å². The average molecular weight is 319 g/mol. The summed E-state index contributed by atoms with van der Waals surface area (Å²) >= 11 is 5.94. The number of hydrogen-bond donors (Lipinski definition) is 1. The van der Waals surface area contributed by atoms with Gasteiger partial charge in [-0.05, 0) is 17.3 Å². The summed E-state index contributed by atoms with van der Waals surface area (Å²) in [6.07, 6.45) is 1.26. The third kappa shape index (κ3) is 3.47. The Kier molecular flexibility index (Phi) is 4.10. The molecule has 0 atom stereocenters. The van der Waals surface area contributed by atoms with Gasteiger partial charge in [0.1, 0.15) is 12.2 Å². The fourth-order valence-electron chi connectivity index (χ4n) is 1.81. The van der Waals surface area contributed by atoms with E-state index < -0.39 is 0 Å². The zero-order valence-electron chi connectivity index (χ0n) is 11.3. The van der Waals surface area contributed by atoms with Crippen molar-refractivity contribution >= 4 is 17.5 Å². The Bertz CT molecular complexity index is 770. The van der Waals surface area contributed by atoms with Crippen LogP contribution >= 0.6 is 11.6 Å². The molecule has 1 aromatic carbocycles. The lowest BCUT2D eigenvalue weighted by molar-refractivity contribution is -0.122. The van der Waals surface area contributed by atoms with E-state index in [2.05, 4.69) is 25.9 Å². The second-order valence-corrected chi connectivity index (χ2v) is 4.87. The van der Waals surface area contributed by atoms with Crippen molar-refractivity contribution < 1.29 is 9.32 Å². The van der Waals surface area contributed by atoms with Crippen molar-refractivity contribution in [2.24, 2.45) is 0 Å². The Labute approximate surface area is 130 Å². The summed E-state index contributed by atoms with van der Waals surface area (Å²) in [6, 6.07) is 9.03. The van der Waals surface area contributed by atoms with Crippen LogP contribution in [0.2, 0.25) is 5.02 Å². The largest absolute Gasteiger partial charge is 0.359 e. The lowest BCUT2D eigenvalue weighted by atomic mass is 10.1. The molecule has 0 aliphatic rings. The number of aromatic nitrogens is 5. The quantitative estimate of drug-likeness (QED) is 0.761. The molecule has 0 saturated heterocycles. The zero-order chi connectivity index (χ0) is 15.4. The molecule has 0 saturated carbocycles. The van der Waals surface area contributed by atoms with Gasteiger partial charge in [0.15, 0.2) is 12.1 Å². The molecular weight excluding hydrogens is 308 g/mol. The summed E-state index contributed by atoms with van der Waals surface area (Å²) < 4.78 is 5.19. The van der Waals surface area contributed by atoms with Crippen LogP contribution < -0.4 is 5.32 Å². The van der Waals surface area contributed by atoms with Crippen molar-refractivity contribution in [1.82, 2.24) is 30.7 Å². The van der Waals surface area contributed by atoms with Crippen LogP contribution in [0.1, 0.15) is 5.76 Å². The van der Waals surface area contributed by atoms with Gasteiger partial charge in [0.2, 0.25) is 5.91 Å². The molecule has 0 fully saturated rings. The number of benzene rings is 1. The monoisotopic (exact) mass is 318 g/mol. The molecule has 0 spiro atoms. The highest BCUT2D eigenvalue weighted by molar-refractivity contribution is 6.30. The lowest BCUT2D eigenvalue weighted by Crippen LogP contribution is -2.27. The molecule has 1 N–H and O–H groups in total. The highest BCUT2D eigenvalue weighted by atomic mass is 35.5. The van der Waals surface area contributed by atoms with Gasteiger partial charge in [0, 0.05) is 16.7 Å². The number of nitrogens with zero attached hydrogens (tertiary/aromatic N) is 5. The van der Waals surface area contributed by atoms with Crippen LogP contribution in [0.15, 0.2) is 41.2 Å². The molecule has 2 heterocycles. The second-order valence-electron chi connectivity index (χ2n) is 4.43. The van der Waals surface area contributed by atoms with Crippen molar-refractivity contribution in [1.29, 1.82) is 0 Å². The van der Waals surface area contributed by atoms with Crippen LogP contribution in [-0.4, -0.2) is 31.3 Å². The molecule has 8 nitrogen and oxygen atoms in total. The molecule has 0 unspecified atom stereocenters. The summed E-state index contributed by atoms with van der Waals surface area (Å²) in [4.78, 5) is 12.9. The van der Waals surface area contributed by atoms with E-state index in [0.717, 1.165) is 5.56 Å². The molecule has 3 aromatic rings. The first-order valence-corrected chi connectivity index (χ1v) is 6.77. The topological polar surface area (TPSA) is 98.7 Å². The molecule has 1 amide bonds. The standard InChI is InChI=1S/C13H11ClN6O2/c14-10-3-1-2-9(4-10)12-5-11(22-18-12)6-15-13(21)7-20-17-8-16-19-20/h1-5,8H,6-7H2,(H,15,21). The number of halogens is 1. The van der Waals surface area contributed by atoms with E-state index in [0.29, 0.717) is 16.5 Å². The van der Waals surface area contributed by atoms with Crippen LogP contribution in [-0.2, 0) is 17.9 Å².